The summed E-state index contributed by atoms with van der Waals surface area (Å²) in [6.07, 6.45) is -0.565. The van der Waals surface area contributed by atoms with Gasteiger partial charge in [-0.15, -0.1) is 0 Å². The van der Waals surface area contributed by atoms with Crippen molar-refractivity contribution in [2.24, 2.45) is 16.5 Å². The predicted molar refractivity (Wildman–Crippen MR) is 258 cm³/mol. The monoisotopic (exact) mass is 1070 g/mol. The molecule has 6 rings (SSSR count). The molecule has 3 aromatic heterocycles. The fraction of sp³-hybridized carbons (Fsp3) is 0.479. The number of nitrogens with zero attached hydrogens (tertiary/aromatic N) is 3. The molecule has 0 fully saturated rings. The van der Waals surface area contributed by atoms with Crippen molar-refractivity contribution in [2.45, 2.75) is 116 Å². The molecule has 12 N–H and O–H groups in total. The number of methoxy groups -OCH3 is 1. The van der Waals surface area contributed by atoms with Gasteiger partial charge in [-0.3, -0.25) is 53.3 Å². The average molecular weight is 1070 g/mol. The summed E-state index contributed by atoms with van der Waals surface area (Å²) in [7, 11) is 1.22. The van der Waals surface area contributed by atoms with Gasteiger partial charge in [0.05, 0.1) is 48.8 Å². The smallest absolute Gasteiger partial charge is 0.481 e. The molecule has 23 heteroatoms. The SMILES string of the molecule is CC[C@H]1c2cc3[nH]c4c(CC(=O)OC)c5nc(cc6[nH]c(cc(n2)[C@@H]1C)c(C(C)=O)c6C)[C@@H](C)[C@@H]5CC(=O)NC(CCCN=C(N)N)C(=O)NCC(=O)NC(CC(=O)O)C(=O)NCCNC(=O)c4c3C.[Pd+2]. The zero-order chi connectivity index (χ0) is 51.1. The standard InChI is InChI=1S/C48H62N12O10.Pd/c1-8-26-21(2)30-18-35-41(25(6)61)23(4)32(56-35)16-31-22(3)27-14-37(62)57-29(10-9-11-53-48(49)50)45(67)54-20-38(63)58-36(19-39(64)65)46(68)51-12-13-52-47(69)42-24(5)33(17-34(26)55-30)60-44(42)28(43(27)59-31)15-40(66)70-7;/h16-18,21-22,26-27,29,36,56,60H,8-15,19-20H2,1-7H3,(H,51,68)(H,52,69)(H,54,67)(H,57,62)(H,58,63)(H,64,65)(H4,49,50,53);/q;+2/t21-,22+,26-,27+,29?,36?;/m1./s1. The molecule has 0 saturated heterocycles. The molecule has 22 nitrogen and oxygen atoms in total. The number of carbonyl (C=O) groups is 8. The summed E-state index contributed by atoms with van der Waals surface area (Å²) in [6.45, 7) is 10.1. The van der Waals surface area contributed by atoms with E-state index in [0.717, 1.165) is 5.69 Å². The number of hydrogen-bond donors (Lipinski definition) is 10. The third-order valence-corrected chi connectivity index (χ3v) is 13.2. The number of ether oxygens (including phenoxy) is 1. The second-order valence-corrected chi connectivity index (χ2v) is 17.9. The number of carboxylic acids is 1. The van der Waals surface area contributed by atoms with Crippen molar-refractivity contribution >= 4 is 75.3 Å². The van der Waals surface area contributed by atoms with Gasteiger partial charge in [-0.1, -0.05) is 20.8 Å². The van der Waals surface area contributed by atoms with E-state index in [-0.39, 0.29) is 105 Å². The number of rotatable bonds is 10. The number of guanidine groups is 1. The van der Waals surface area contributed by atoms with Crippen LogP contribution in [0.4, 0.5) is 0 Å². The van der Waals surface area contributed by atoms with Gasteiger partial charge in [-0.05, 0) is 69.4 Å². The predicted octanol–water partition coefficient (Wildman–Crippen LogP) is 1.90. The fourth-order valence-electron chi connectivity index (χ4n) is 9.45. The van der Waals surface area contributed by atoms with Crippen LogP contribution < -0.4 is 38.1 Å². The summed E-state index contributed by atoms with van der Waals surface area (Å²) in [4.78, 5) is 129. The number of nitrogens with two attached hydrogens (primary N) is 2. The number of aryl methyl sites for hydroxylation is 2. The largest absolute Gasteiger partial charge is 2.00 e. The Morgan fingerprint density at radius 3 is 2.13 bits per heavy atom. The van der Waals surface area contributed by atoms with Gasteiger partial charge in [0.15, 0.2) is 11.7 Å². The molecule has 382 valence electrons. The van der Waals surface area contributed by atoms with Gasteiger partial charge >= 0.3 is 32.4 Å². The molecule has 8 bridgehead atoms. The number of fused-ring (bicyclic) bond motifs is 6. The molecule has 0 aromatic carbocycles. The Balaban J connectivity index is 0.00000937. The Morgan fingerprint density at radius 1 is 0.831 bits per heavy atom. The molecule has 5 amide bonds. The quantitative estimate of drug-likeness (QED) is 0.0346. The van der Waals surface area contributed by atoms with Crippen molar-refractivity contribution in [3.05, 3.63) is 68.8 Å². The molecule has 3 aliphatic rings. The number of hydrogen-bond acceptors (Lipinski definition) is 12. The van der Waals surface area contributed by atoms with Crippen LogP contribution >= 0.6 is 0 Å². The number of aromatic nitrogens is 4. The van der Waals surface area contributed by atoms with Crippen LogP contribution in [0.5, 0.6) is 0 Å². The topological polar surface area (TPSA) is 348 Å². The van der Waals surface area contributed by atoms with Crippen LogP contribution in [0.1, 0.15) is 144 Å². The molecule has 2 unspecified atom stereocenters. The Hall–Kier alpha value is -6.99. The molecule has 3 aromatic rings. The first-order valence-electron chi connectivity index (χ1n) is 23.3. The van der Waals surface area contributed by atoms with E-state index in [1.54, 1.807) is 13.0 Å². The van der Waals surface area contributed by atoms with Gasteiger partial charge in [0.2, 0.25) is 23.6 Å². The summed E-state index contributed by atoms with van der Waals surface area (Å²) >= 11 is 0. The number of carbonyl (C=O) groups excluding carboxylic acids is 7. The second-order valence-electron chi connectivity index (χ2n) is 17.9. The maximum Gasteiger partial charge on any atom is 2.00 e. The minimum Gasteiger partial charge on any atom is -0.481 e. The van der Waals surface area contributed by atoms with E-state index in [1.807, 2.05) is 32.9 Å². The number of H-pyrrole nitrogens is 2. The van der Waals surface area contributed by atoms with E-state index < -0.39 is 84.8 Å². The molecular formula is C48H62N12O10Pd+2. The number of Topliss-reactive ketones (excluding diaryl/α,β-unsaturated/α-hetero) is 1. The van der Waals surface area contributed by atoms with Crippen molar-refractivity contribution in [3.8, 4) is 0 Å². The number of nitrogens with one attached hydrogen (secondary N) is 7. The Bertz CT molecular complexity index is 2820. The van der Waals surface area contributed by atoms with Crippen LogP contribution in [-0.4, -0.2) is 124 Å². The molecule has 71 heavy (non-hydrogen) atoms. The molecule has 3 aliphatic heterocycles. The number of aliphatic carboxylic acids is 1. The van der Waals surface area contributed by atoms with Crippen molar-refractivity contribution in [2.75, 3.05) is 33.3 Å². The van der Waals surface area contributed by atoms with E-state index in [2.05, 4.69) is 48.5 Å². The van der Waals surface area contributed by atoms with E-state index in [0.29, 0.717) is 51.0 Å². The number of aromatic amines is 2. The van der Waals surface area contributed by atoms with Crippen molar-refractivity contribution in [1.29, 1.82) is 0 Å². The van der Waals surface area contributed by atoms with Crippen molar-refractivity contribution in [1.82, 2.24) is 46.5 Å². The third-order valence-electron chi connectivity index (χ3n) is 13.2. The van der Waals surface area contributed by atoms with Gasteiger partial charge in [-0.25, -0.2) is 0 Å². The van der Waals surface area contributed by atoms with Gasteiger partial charge < -0.3 is 57.9 Å². The van der Waals surface area contributed by atoms with E-state index in [1.165, 1.54) is 14.0 Å². The Labute approximate surface area is 423 Å². The van der Waals surface area contributed by atoms with Crippen LogP contribution in [0, 0.1) is 13.8 Å². The fourth-order valence-corrected chi connectivity index (χ4v) is 9.45. The zero-order valence-corrected chi connectivity index (χ0v) is 42.3. The van der Waals surface area contributed by atoms with E-state index in [9.17, 15) is 43.5 Å². The third kappa shape index (κ3) is 12.7. The summed E-state index contributed by atoms with van der Waals surface area (Å²) < 4.78 is 5.22. The van der Waals surface area contributed by atoms with Gasteiger partial charge in [0.25, 0.3) is 5.91 Å². The maximum atomic E-state index is 14.6. The van der Waals surface area contributed by atoms with Crippen LogP contribution in [0.25, 0.3) is 22.1 Å². The second kappa shape index (κ2) is 23.7. The minimum atomic E-state index is -1.55. The number of carboxylic acid groups (broad SMARTS) is 1. The molecule has 0 spiro atoms. The van der Waals surface area contributed by atoms with E-state index >= 15 is 0 Å². The minimum absolute atomic E-state index is 0. The van der Waals surface area contributed by atoms with Gasteiger partial charge in [0, 0.05) is 89.0 Å². The Morgan fingerprint density at radius 2 is 1.46 bits per heavy atom. The van der Waals surface area contributed by atoms with Crippen molar-refractivity contribution in [3.63, 3.8) is 0 Å². The summed E-state index contributed by atoms with van der Waals surface area (Å²) in [6, 6.07) is 2.75. The Kier molecular flexibility index (Phi) is 18.4. The first kappa shape index (κ1) is 54.9. The summed E-state index contributed by atoms with van der Waals surface area (Å²) in [5, 5.41) is 22.5. The molecule has 0 saturated carbocycles. The van der Waals surface area contributed by atoms with Gasteiger partial charge in [-0.2, -0.15) is 0 Å². The molecule has 6 heterocycles. The van der Waals surface area contributed by atoms with Crippen LogP contribution in [-0.2, 0) is 60.3 Å². The molecule has 0 aliphatic carbocycles. The first-order chi connectivity index (χ1) is 33.2. The molecule has 6 atom stereocenters. The number of esters is 1. The van der Waals surface area contributed by atoms with Crippen LogP contribution in [0.15, 0.2) is 23.2 Å². The van der Waals surface area contributed by atoms with E-state index in [4.69, 9.17) is 26.2 Å². The molecule has 0 radical (unpaired) electrons. The van der Waals surface area contributed by atoms with Crippen LogP contribution in [0.2, 0.25) is 0 Å². The first-order valence-corrected chi connectivity index (χ1v) is 23.3. The summed E-state index contributed by atoms with van der Waals surface area (Å²) in [5.41, 5.74) is 17.1. The van der Waals surface area contributed by atoms with Gasteiger partial charge in [0.1, 0.15) is 12.1 Å². The number of ketones is 1. The maximum absolute atomic E-state index is 14.6. The van der Waals surface area contributed by atoms with Crippen molar-refractivity contribution < 1.29 is 68.6 Å². The normalized spacial score (nSPS) is 21.1. The van der Waals surface area contributed by atoms with Crippen LogP contribution in [0.3, 0.4) is 0 Å². The zero-order valence-electron chi connectivity index (χ0n) is 40.7. The average Bonchev–Trinajstić information content (AvgIpc) is 3.99. The number of amides is 5. The molecular weight excluding hydrogens is 1010 g/mol. The number of aliphatic imine (C=N–C) groups is 1. The summed E-state index contributed by atoms with van der Waals surface area (Å²) in [5.74, 6) is -7.64.